The molecule has 0 unspecified atom stereocenters. The van der Waals surface area contributed by atoms with E-state index in [1.165, 1.54) is 11.8 Å². The third-order valence-electron chi connectivity index (χ3n) is 2.39. The standard InChI is InChI=1S/C10H17N3OS/c1-7(12-10(14)6-15-4)9-5-11-13(3)8(9)2/h5,7H,6H2,1-4H3,(H,12,14)/t7-/m1/s1. The van der Waals surface area contributed by atoms with Crippen LogP contribution in [-0.4, -0.2) is 27.7 Å². The van der Waals surface area contributed by atoms with Crippen LogP contribution < -0.4 is 5.32 Å². The number of hydrogen-bond donors (Lipinski definition) is 1. The largest absolute Gasteiger partial charge is 0.349 e. The Labute approximate surface area is 94.4 Å². The molecule has 1 rings (SSSR count). The Morgan fingerprint density at radius 2 is 2.40 bits per heavy atom. The minimum Gasteiger partial charge on any atom is -0.349 e. The smallest absolute Gasteiger partial charge is 0.230 e. The molecule has 84 valence electrons. The Hall–Kier alpha value is -0.970. The van der Waals surface area contributed by atoms with Gasteiger partial charge in [-0.1, -0.05) is 0 Å². The Morgan fingerprint density at radius 3 is 2.87 bits per heavy atom. The fraction of sp³-hybridized carbons (Fsp3) is 0.600. The number of nitrogens with zero attached hydrogens (tertiary/aromatic N) is 2. The van der Waals surface area contributed by atoms with Crippen LogP contribution in [0.3, 0.4) is 0 Å². The second kappa shape index (κ2) is 5.21. The van der Waals surface area contributed by atoms with Crippen molar-refractivity contribution < 1.29 is 4.79 Å². The molecule has 1 N–H and O–H groups in total. The van der Waals surface area contributed by atoms with E-state index in [9.17, 15) is 4.79 Å². The first kappa shape index (κ1) is 12.1. The lowest BCUT2D eigenvalue weighted by atomic mass is 10.1. The van der Waals surface area contributed by atoms with Gasteiger partial charge in [0.05, 0.1) is 18.0 Å². The fourth-order valence-corrected chi connectivity index (χ4v) is 1.78. The number of carbonyl (C=O) groups excluding carboxylic acids is 1. The number of aromatic nitrogens is 2. The van der Waals surface area contributed by atoms with Crippen LogP contribution in [0.5, 0.6) is 0 Å². The summed E-state index contributed by atoms with van der Waals surface area (Å²) in [6.07, 6.45) is 3.72. The van der Waals surface area contributed by atoms with E-state index in [2.05, 4.69) is 10.4 Å². The van der Waals surface area contributed by atoms with E-state index in [0.717, 1.165) is 11.3 Å². The maximum absolute atomic E-state index is 11.4. The van der Waals surface area contributed by atoms with Crippen molar-refractivity contribution in [2.24, 2.45) is 7.05 Å². The van der Waals surface area contributed by atoms with Gasteiger partial charge < -0.3 is 5.32 Å². The lowest BCUT2D eigenvalue weighted by Crippen LogP contribution is -2.28. The predicted octanol–water partition coefficient (Wildman–Crippen LogP) is 1.27. The van der Waals surface area contributed by atoms with Gasteiger partial charge in [0.15, 0.2) is 0 Å². The first-order valence-corrected chi connectivity index (χ1v) is 6.22. The van der Waals surface area contributed by atoms with Gasteiger partial charge in [-0.25, -0.2) is 0 Å². The molecule has 0 spiro atoms. The summed E-state index contributed by atoms with van der Waals surface area (Å²) in [7, 11) is 1.90. The second-order valence-electron chi connectivity index (χ2n) is 3.53. The summed E-state index contributed by atoms with van der Waals surface area (Å²) >= 11 is 1.52. The minimum absolute atomic E-state index is 0.0262. The Kier molecular flexibility index (Phi) is 4.20. The van der Waals surface area contributed by atoms with Crippen LogP contribution in [0.25, 0.3) is 0 Å². The molecule has 0 aliphatic rings. The van der Waals surface area contributed by atoms with Gasteiger partial charge in [0.1, 0.15) is 0 Å². The predicted molar refractivity (Wildman–Crippen MR) is 62.9 cm³/mol. The van der Waals surface area contributed by atoms with Crippen molar-refractivity contribution in [1.29, 1.82) is 0 Å². The molecule has 1 heterocycles. The highest BCUT2D eigenvalue weighted by Crippen LogP contribution is 2.15. The SMILES string of the molecule is CSCC(=O)N[C@H](C)c1cnn(C)c1C. The second-order valence-corrected chi connectivity index (χ2v) is 4.40. The lowest BCUT2D eigenvalue weighted by Gasteiger charge is -2.13. The van der Waals surface area contributed by atoms with Gasteiger partial charge in [-0.2, -0.15) is 16.9 Å². The summed E-state index contributed by atoms with van der Waals surface area (Å²) in [4.78, 5) is 11.4. The van der Waals surface area contributed by atoms with Crippen molar-refractivity contribution in [2.45, 2.75) is 19.9 Å². The summed E-state index contributed by atoms with van der Waals surface area (Å²) in [5.41, 5.74) is 2.17. The van der Waals surface area contributed by atoms with Gasteiger partial charge in [-0.15, -0.1) is 0 Å². The number of amides is 1. The molecule has 1 amide bonds. The molecule has 0 bridgehead atoms. The summed E-state index contributed by atoms with van der Waals surface area (Å²) in [5, 5.41) is 7.09. The van der Waals surface area contributed by atoms with Gasteiger partial charge in [0.25, 0.3) is 0 Å². The first-order chi connectivity index (χ1) is 7.06. The lowest BCUT2D eigenvalue weighted by molar-refractivity contribution is -0.119. The van der Waals surface area contributed by atoms with E-state index in [-0.39, 0.29) is 11.9 Å². The molecule has 0 aliphatic carbocycles. The zero-order valence-electron chi connectivity index (χ0n) is 9.57. The summed E-state index contributed by atoms with van der Waals surface area (Å²) in [6, 6.07) is 0.0262. The molecule has 0 fully saturated rings. The number of nitrogens with one attached hydrogen (secondary N) is 1. The zero-order chi connectivity index (χ0) is 11.4. The normalized spacial score (nSPS) is 12.5. The van der Waals surface area contributed by atoms with Crippen LogP contribution in [0.4, 0.5) is 0 Å². The van der Waals surface area contributed by atoms with E-state index < -0.39 is 0 Å². The van der Waals surface area contributed by atoms with Crippen molar-refractivity contribution >= 4 is 17.7 Å². The van der Waals surface area contributed by atoms with E-state index >= 15 is 0 Å². The number of rotatable bonds is 4. The Balaban J connectivity index is 2.65. The summed E-state index contributed by atoms with van der Waals surface area (Å²) in [5.74, 6) is 0.571. The maximum atomic E-state index is 11.4. The molecular formula is C10H17N3OS. The molecule has 1 atom stereocenters. The van der Waals surface area contributed by atoms with Crippen LogP contribution in [0, 0.1) is 6.92 Å². The number of aryl methyl sites for hydroxylation is 1. The van der Waals surface area contributed by atoms with Gasteiger partial charge in [0.2, 0.25) is 5.91 Å². The van der Waals surface area contributed by atoms with Gasteiger partial charge in [0, 0.05) is 18.3 Å². The van der Waals surface area contributed by atoms with Gasteiger partial charge in [-0.3, -0.25) is 9.48 Å². The molecule has 0 radical (unpaired) electrons. The average molecular weight is 227 g/mol. The molecule has 5 heteroatoms. The Bertz CT molecular complexity index is 348. The quantitative estimate of drug-likeness (QED) is 0.842. The van der Waals surface area contributed by atoms with Crippen molar-refractivity contribution in [3.8, 4) is 0 Å². The molecule has 15 heavy (non-hydrogen) atoms. The van der Waals surface area contributed by atoms with Crippen molar-refractivity contribution in [1.82, 2.24) is 15.1 Å². The molecule has 4 nitrogen and oxygen atoms in total. The van der Waals surface area contributed by atoms with Crippen LogP contribution in [0.1, 0.15) is 24.2 Å². The van der Waals surface area contributed by atoms with E-state index in [0.29, 0.717) is 5.75 Å². The molecule has 1 aromatic heterocycles. The minimum atomic E-state index is 0.0262. The van der Waals surface area contributed by atoms with Crippen LogP contribution in [-0.2, 0) is 11.8 Å². The topological polar surface area (TPSA) is 46.9 Å². The molecule has 0 saturated carbocycles. The van der Waals surface area contributed by atoms with Gasteiger partial charge in [-0.05, 0) is 20.1 Å². The highest BCUT2D eigenvalue weighted by Gasteiger charge is 2.13. The maximum Gasteiger partial charge on any atom is 0.230 e. The first-order valence-electron chi connectivity index (χ1n) is 4.83. The van der Waals surface area contributed by atoms with Crippen molar-refractivity contribution in [3.05, 3.63) is 17.5 Å². The number of thioether (sulfide) groups is 1. The summed E-state index contributed by atoms with van der Waals surface area (Å²) < 4.78 is 1.81. The van der Waals surface area contributed by atoms with Crippen molar-refractivity contribution in [3.63, 3.8) is 0 Å². The van der Waals surface area contributed by atoms with Crippen LogP contribution in [0.15, 0.2) is 6.20 Å². The number of hydrogen-bond acceptors (Lipinski definition) is 3. The number of carbonyl (C=O) groups is 1. The summed E-state index contributed by atoms with van der Waals surface area (Å²) in [6.45, 7) is 3.97. The monoisotopic (exact) mass is 227 g/mol. The van der Waals surface area contributed by atoms with E-state index in [1.54, 1.807) is 6.20 Å². The fourth-order valence-electron chi connectivity index (χ4n) is 1.43. The molecule has 0 aromatic carbocycles. The van der Waals surface area contributed by atoms with Gasteiger partial charge >= 0.3 is 0 Å². The third kappa shape index (κ3) is 2.99. The molecular weight excluding hydrogens is 210 g/mol. The zero-order valence-corrected chi connectivity index (χ0v) is 10.4. The average Bonchev–Trinajstić information content (AvgIpc) is 2.48. The van der Waals surface area contributed by atoms with Crippen LogP contribution >= 0.6 is 11.8 Å². The van der Waals surface area contributed by atoms with Crippen LogP contribution in [0.2, 0.25) is 0 Å². The van der Waals surface area contributed by atoms with Crippen molar-refractivity contribution in [2.75, 3.05) is 12.0 Å². The van der Waals surface area contributed by atoms with E-state index in [4.69, 9.17) is 0 Å². The highest BCUT2D eigenvalue weighted by atomic mass is 32.2. The van der Waals surface area contributed by atoms with E-state index in [1.807, 2.05) is 31.8 Å². The third-order valence-corrected chi connectivity index (χ3v) is 2.94. The highest BCUT2D eigenvalue weighted by molar-refractivity contribution is 7.99. The molecule has 0 saturated heterocycles. The molecule has 0 aliphatic heterocycles. The molecule has 1 aromatic rings. The Morgan fingerprint density at radius 1 is 1.73 bits per heavy atom.